The number of nitrogens with zero attached hydrogens (tertiary/aromatic N) is 2. The molecule has 0 spiro atoms. The molecular formula is C11H25N3O. The maximum Gasteiger partial charge on any atom is 0.193 e. The van der Waals surface area contributed by atoms with Crippen molar-refractivity contribution in [1.82, 2.24) is 10.2 Å². The van der Waals surface area contributed by atoms with Gasteiger partial charge in [0, 0.05) is 40.9 Å². The Labute approximate surface area is 93.7 Å². The van der Waals surface area contributed by atoms with Crippen LogP contribution in [0.2, 0.25) is 0 Å². The number of guanidine groups is 1. The van der Waals surface area contributed by atoms with E-state index in [9.17, 15) is 0 Å². The molecule has 15 heavy (non-hydrogen) atoms. The summed E-state index contributed by atoms with van der Waals surface area (Å²) in [7, 11) is 5.74. The topological polar surface area (TPSA) is 36.9 Å². The van der Waals surface area contributed by atoms with Crippen LogP contribution in [-0.2, 0) is 4.74 Å². The molecule has 0 aliphatic heterocycles. The standard InChI is InChI=1S/C11H25N3O/c1-10(2)9-15-8-6-7-13-11(12-3)14(4)5/h10H,6-9H2,1-5H3,(H,12,13). The van der Waals surface area contributed by atoms with E-state index in [1.165, 1.54) is 0 Å². The molecule has 90 valence electrons. The van der Waals surface area contributed by atoms with Gasteiger partial charge >= 0.3 is 0 Å². The van der Waals surface area contributed by atoms with Gasteiger partial charge in [0.2, 0.25) is 0 Å². The molecule has 0 amide bonds. The Bertz CT molecular complexity index is 179. The third-order valence-corrected chi connectivity index (χ3v) is 1.84. The summed E-state index contributed by atoms with van der Waals surface area (Å²) in [6.07, 6.45) is 1.01. The molecule has 0 heterocycles. The Morgan fingerprint density at radius 2 is 2.07 bits per heavy atom. The van der Waals surface area contributed by atoms with E-state index >= 15 is 0 Å². The molecule has 0 aliphatic carbocycles. The van der Waals surface area contributed by atoms with Crippen molar-refractivity contribution in [2.24, 2.45) is 10.9 Å². The van der Waals surface area contributed by atoms with E-state index in [0.29, 0.717) is 5.92 Å². The van der Waals surface area contributed by atoms with Gasteiger partial charge < -0.3 is 15.0 Å². The Balaban J connectivity index is 3.38. The molecule has 0 saturated heterocycles. The fourth-order valence-electron chi connectivity index (χ4n) is 1.13. The molecule has 0 saturated carbocycles. The second-order valence-electron chi connectivity index (χ2n) is 4.19. The van der Waals surface area contributed by atoms with Gasteiger partial charge in [-0.15, -0.1) is 0 Å². The predicted molar refractivity (Wildman–Crippen MR) is 65.3 cm³/mol. The third-order valence-electron chi connectivity index (χ3n) is 1.84. The zero-order chi connectivity index (χ0) is 11.7. The molecule has 0 unspecified atom stereocenters. The minimum absolute atomic E-state index is 0.618. The number of aliphatic imine (C=N–C) groups is 1. The van der Waals surface area contributed by atoms with Crippen molar-refractivity contribution in [2.45, 2.75) is 20.3 Å². The second-order valence-corrected chi connectivity index (χ2v) is 4.19. The fraction of sp³-hybridized carbons (Fsp3) is 0.909. The molecule has 0 aromatic carbocycles. The van der Waals surface area contributed by atoms with E-state index in [4.69, 9.17) is 4.74 Å². The molecule has 0 bridgehead atoms. The van der Waals surface area contributed by atoms with Gasteiger partial charge in [0.1, 0.15) is 0 Å². The van der Waals surface area contributed by atoms with Crippen molar-refractivity contribution in [3.63, 3.8) is 0 Å². The average Bonchev–Trinajstić information content (AvgIpc) is 2.15. The monoisotopic (exact) mass is 215 g/mol. The Kier molecular flexibility index (Phi) is 8.09. The second kappa shape index (κ2) is 8.53. The van der Waals surface area contributed by atoms with Crippen molar-refractivity contribution in [3.05, 3.63) is 0 Å². The van der Waals surface area contributed by atoms with Gasteiger partial charge in [-0.2, -0.15) is 0 Å². The first-order valence-corrected chi connectivity index (χ1v) is 5.53. The van der Waals surface area contributed by atoms with Crippen LogP contribution in [-0.4, -0.2) is 51.8 Å². The molecule has 0 atom stereocenters. The van der Waals surface area contributed by atoms with Crippen molar-refractivity contribution in [1.29, 1.82) is 0 Å². The van der Waals surface area contributed by atoms with Crippen molar-refractivity contribution < 1.29 is 4.74 Å². The summed E-state index contributed by atoms with van der Waals surface area (Å²) in [4.78, 5) is 6.09. The first kappa shape index (κ1) is 14.2. The molecule has 0 aromatic rings. The zero-order valence-corrected chi connectivity index (χ0v) is 10.7. The number of nitrogens with one attached hydrogen (secondary N) is 1. The summed E-state index contributed by atoms with van der Waals surface area (Å²) in [5.41, 5.74) is 0. The highest BCUT2D eigenvalue weighted by atomic mass is 16.5. The minimum atomic E-state index is 0.618. The summed E-state index contributed by atoms with van der Waals surface area (Å²) < 4.78 is 5.48. The normalized spacial score (nSPS) is 12.0. The molecule has 0 radical (unpaired) electrons. The summed E-state index contributed by atoms with van der Waals surface area (Å²) in [5, 5.41) is 3.25. The zero-order valence-electron chi connectivity index (χ0n) is 10.7. The van der Waals surface area contributed by atoms with E-state index in [1.807, 2.05) is 19.0 Å². The van der Waals surface area contributed by atoms with Crippen LogP contribution in [0.4, 0.5) is 0 Å². The number of ether oxygens (including phenoxy) is 1. The van der Waals surface area contributed by atoms with Gasteiger partial charge in [-0.05, 0) is 12.3 Å². The van der Waals surface area contributed by atoms with Crippen LogP contribution in [0.25, 0.3) is 0 Å². The van der Waals surface area contributed by atoms with Crippen LogP contribution in [0.1, 0.15) is 20.3 Å². The Morgan fingerprint density at radius 3 is 2.53 bits per heavy atom. The van der Waals surface area contributed by atoms with Crippen molar-refractivity contribution >= 4 is 5.96 Å². The van der Waals surface area contributed by atoms with Gasteiger partial charge in [0.05, 0.1) is 0 Å². The summed E-state index contributed by atoms with van der Waals surface area (Å²) in [6.45, 7) is 6.89. The van der Waals surface area contributed by atoms with Gasteiger partial charge in [0.25, 0.3) is 0 Å². The number of hydrogen-bond acceptors (Lipinski definition) is 2. The summed E-state index contributed by atoms with van der Waals surface area (Å²) in [5.74, 6) is 1.53. The van der Waals surface area contributed by atoms with Gasteiger partial charge in [-0.25, -0.2) is 0 Å². The number of hydrogen-bond donors (Lipinski definition) is 1. The lowest BCUT2D eigenvalue weighted by atomic mass is 10.2. The van der Waals surface area contributed by atoms with Gasteiger partial charge in [0.15, 0.2) is 5.96 Å². The van der Waals surface area contributed by atoms with Crippen LogP contribution < -0.4 is 5.32 Å². The maximum absolute atomic E-state index is 5.48. The van der Waals surface area contributed by atoms with Crippen LogP contribution in [0, 0.1) is 5.92 Å². The van der Waals surface area contributed by atoms with E-state index in [-0.39, 0.29) is 0 Å². The quantitative estimate of drug-likeness (QED) is 0.411. The molecular weight excluding hydrogens is 190 g/mol. The Hall–Kier alpha value is -0.770. The predicted octanol–water partition coefficient (Wildman–Crippen LogP) is 1.19. The van der Waals surface area contributed by atoms with Crippen molar-refractivity contribution in [2.75, 3.05) is 40.9 Å². The van der Waals surface area contributed by atoms with E-state index in [0.717, 1.165) is 32.1 Å². The number of rotatable bonds is 6. The van der Waals surface area contributed by atoms with Gasteiger partial charge in [-0.3, -0.25) is 4.99 Å². The molecule has 1 N–H and O–H groups in total. The minimum Gasteiger partial charge on any atom is -0.381 e. The molecule has 0 aromatic heterocycles. The lowest BCUT2D eigenvalue weighted by Crippen LogP contribution is -2.37. The highest BCUT2D eigenvalue weighted by molar-refractivity contribution is 5.79. The maximum atomic E-state index is 5.48. The first-order valence-electron chi connectivity index (χ1n) is 5.53. The SMILES string of the molecule is CN=C(NCCCOCC(C)C)N(C)C. The molecule has 0 aliphatic rings. The van der Waals surface area contributed by atoms with Crippen molar-refractivity contribution in [3.8, 4) is 0 Å². The van der Waals surface area contributed by atoms with Crippen LogP contribution in [0.5, 0.6) is 0 Å². The largest absolute Gasteiger partial charge is 0.381 e. The molecule has 0 fully saturated rings. The van der Waals surface area contributed by atoms with Gasteiger partial charge in [-0.1, -0.05) is 13.8 Å². The fourth-order valence-corrected chi connectivity index (χ4v) is 1.13. The first-order chi connectivity index (χ1) is 7.07. The van der Waals surface area contributed by atoms with E-state index in [1.54, 1.807) is 7.05 Å². The lowest BCUT2D eigenvalue weighted by molar-refractivity contribution is 0.108. The molecule has 4 heteroatoms. The third kappa shape index (κ3) is 8.24. The van der Waals surface area contributed by atoms with Crippen LogP contribution in [0.15, 0.2) is 4.99 Å². The lowest BCUT2D eigenvalue weighted by Gasteiger charge is -2.16. The summed E-state index contributed by atoms with van der Waals surface area (Å²) >= 11 is 0. The average molecular weight is 215 g/mol. The summed E-state index contributed by atoms with van der Waals surface area (Å²) in [6, 6.07) is 0. The van der Waals surface area contributed by atoms with E-state index in [2.05, 4.69) is 24.2 Å². The van der Waals surface area contributed by atoms with E-state index < -0.39 is 0 Å². The molecule has 0 rings (SSSR count). The highest BCUT2D eigenvalue weighted by Crippen LogP contribution is 1.92. The highest BCUT2D eigenvalue weighted by Gasteiger charge is 1.98. The smallest absolute Gasteiger partial charge is 0.193 e. The van der Waals surface area contributed by atoms with Crippen LogP contribution in [0.3, 0.4) is 0 Å². The molecule has 4 nitrogen and oxygen atoms in total. The Morgan fingerprint density at radius 1 is 1.40 bits per heavy atom. The van der Waals surface area contributed by atoms with Crippen LogP contribution >= 0.6 is 0 Å².